The number of rotatable bonds is 5. The second kappa shape index (κ2) is 8.82. The summed E-state index contributed by atoms with van der Waals surface area (Å²) in [6, 6.07) is 11.4. The second-order valence-corrected chi connectivity index (χ2v) is 9.50. The van der Waals surface area contributed by atoms with Crippen molar-refractivity contribution in [2.75, 3.05) is 16.8 Å². The number of amides is 2. The number of carbonyl (C=O) groups excluding carboxylic acids is 2. The van der Waals surface area contributed by atoms with Crippen LogP contribution in [0, 0.1) is 0 Å². The lowest BCUT2D eigenvalue weighted by molar-refractivity contribution is -0.121. The van der Waals surface area contributed by atoms with Gasteiger partial charge >= 0.3 is 0 Å². The number of hydrogen-bond donors (Lipinski definition) is 1. The summed E-state index contributed by atoms with van der Waals surface area (Å²) in [5.74, 6) is 1.05. The molecule has 0 unspecified atom stereocenters. The van der Waals surface area contributed by atoms with Crippen LogP contribution in [-0.2, 0) is 9.59 Å². The number of anilines is 2. The third-order valence-corrected chi connectivity index (χ3v) is 7.06. The molecule has 1 aliphatic carbocycles. The largest absolute Gasteiger partial charge is 0.461 e. The van der Waals surface area contributed by atoms with Crippen LogP contribution in [0.1, 0.15) is 45.1 Å². The minimum Gasteiger partial charge on any atom is -0.461 e. The van der Waals surface area contributed by atoms with Crippen LogP contribution < -0.4 is 10.2 Å². The number of furan rings is 1. The summed E-state index contributed by atoms with van der Waals surface area (Å²) in [6.45, 7) is 1.86. The van der Waals surface area contributed by atoms with Gasteiger partial charge in [0.15, 0.2) is 10.9 Å². The predicted molar refractivity (Wildman–Crippen MR) is 123 cm³/mol. The molecular weight excluding hydrogens is 426 g/mol. The van der Waals surface area contributed by atoms with E-state index in [0.29, 0.717) is 22.4 Å². The molecule has 2 aromatic heterocycles. The molecule has 3 aromatic rings. The van der Waals surface area contributed by atoms with Gasteiger partial charge in [0.1, 0.15) is 6.54 Å². The summed E-state index contributed by atoms with van der Waals surface area (Å²) >= 11 is 1.38. The van der Waals surface area contributed by atoms with E-state index in [9.17, 15) is 9.59 Å². The van der Waals surface area contributed by atoms with Gasteiger partial charge < -0.3 is 9.73 Å². The molecule has 166 valence electrons. The molecule has 1 saturated carbocycles. The van der Waals surface area contributed by atoms with Crippen LogP contribution in [0.2, 0.25) is 0 Å². The number of thioether (sulfide) groups is 1. The molecule has 1 aliphatic heterocycles. The highest BCUT2D eigenvalue weighted by Gasteiger charge is 2.32. The fraction of sp³-hybridized carbons (Fsp3) is 0.391. The molecule has 1 atom stereocenters. The minimum absolute atomic E-state index is 0.00765. The first kappa shape index (κ1) is 20.8. The highest BCUT2D eigenvalue weighted by molar-refractivity contribution is 8.00. The molecule has 5 rings (SSSR count). The fourth-order valence-corrected chi connectivity index (χ4v) is 5.44. The van der Waals surface area contributed by atoms with Gasteiger partial charge in [0.2, 0.25) is 17.6 Å². The number of carbonyl (C=O) groups is 2. The highest BCUT2D eigenvalue weighted by Crippen LogP contribution is 2.38. The van der Waals surface area contributed by atoms with Crippen molar-refractivity contribution in [1.29, 1.82) is 0 Å². The molecule has 2 aliphatic rings. The molecule has 0 radical (unpaired) electrons. The summed E-state index contributed by atoms with van der Waals surface area (Å²) in [6.07, 6.45) is 7.32. The average molecular weight is 452 g/mol. The molecule has 9 heteroatoms. The average Bonchev–Trinajstić information content (AvgIpc) is 3.48. The lowest BCUT2D eigenvalue weighted by atomic mass is 9.95. The van der Waals surface area contributed by atoms with E-state index in [0.717, 1.165) is 18.5 Å². The Kier molecular flexibility index (Phi) is 5.73. The van der Waals surface area contributed by atoms with Gasteiger partial charge in [-0.25, -0.2) is 0 Å². The van der Waals surface area contributed by atoms with Crippen molar-refractivity contribution < 1.29 is 14.0 Å². The molecule has 0 saturated heterocycles. The Labute approximate surface area is 190 Å². The number of nitrogens with zero attached hydrogens (tertiary/aromatic N) is 4. The minimum atomic E-state index is -0.440. The first-order valence-electron chi connectivity index (χ1n) is 11.0. The quantitative estimate of drug-likeness (QED) is 0.574. The van der Waals surface area contributed by atoms with Crippen LogP contribution in [0.4, 0.5) is 11.4 Å². The fourth-order valence-electron chi connectivity index (χ4n) is 4.46. The van der Waals surface area contributed by atoms with Crippen molar-refractivity contribution in [1.82, 2.24) is 14.8 Å². The Morgan fingerprint density at radius 1 is 1.16 bits per heavy atom. The Morgan fingerprint density at radius 2 is 1.97 bits per heavy atom. The zero-order valence-electron chi connectivity index (χ0n) is 17.9. The predicted octanol–water partition coefficient (Wildman–Crippen LogP) is 4.51. The number of benzene rings is 1. The molecule has 32 heavy (non-hydrogen) atoms. The smallest absolute Gasteiger partial charge is 0.244 e. The van der Waals surface area contributed by atoms with E-state index < -0.39 is 5.25 Å². The Morgan fingerprint density at radius 3 is 2.75 bits per heavy atom. The van der Waals surface area contributed by atoms with E-state index in [4.69, 9.17) is 4.42 Å². The summed E-state index contributed by atoms with van der Waals surface area (Å²) in [5.41, 5.74) is 1.37. The van der Waals surface area contributed by atoms with Gasteiger partial charge in [-0.3, -0.25) is 19.1 Å². The van der Waals surface area contributed by atoms with Crippen LogP contribution in [0.3, 0.4) is 0 Å². The molecule has 3 heterocycles. The number of hydrogen-bond acceptors (Lipinski definition) is 6. The first-order valence-corrected chi connectivity index (χ1v) is 11.9. The molecule has 0 bridgehead atoms. The van der Waals surface area contributed by atoms with Crippen LogP contribution in [0.5, 0.6) is 0 Å². The zero-order valence-corrected chi connectivity index (χ0v) is 18.7. The van der Waals surface area contributed by atoms with E-state index >= 15 is 0 Å². The van der Waals surface area contributed by atoms with Crippen molar-refractivity contribution in [3.05, 3.63) is 42.7 Å². The van der Waals surface area contributed by atoms with Crippen LogP contribution in [-0.4, -0.2) is 38.4 Å². The maximum Gasteiger partial charge on any atom is 0.244 e. The monoisotopic (exact) mass is 451 g/mol. The van der Waals surface area contributed by atoms with Crippen molar-refractivity contribution >= 4 is 35.0 Å². The number of nitrogens with one attached hydrogen (secondary N) is 1. The van der Waals surface area contributed by atoms with E-state index in [1.165, 1.54) is 31.0 Å². The van der Waals surface area contributed by atoms with Crippen LogP contribution in [0.15, 0.2) is 52.2 Å². The maximum absolute atomic E-state index is 13.4. The summed E-state index contributed by atoms with van der Waals surface area (Å²) in [4.78, 5) is 27.1. The maximum atomic E-state index is 13.4. The summed E-state index contributed by atoms with van der Waals surface area (Å²) in [5, 5.41) is 12.0. The SMILES string of the molecule is C[C@@H](Sc1nnc(-c2ccco2)n1C1CCCCC1)C(=O)N1CC(=O)Nc2ccccc21. The van der Waals surface area contributed by atoms with Gasteiger partial charge in [-0.2, -0.15) is 0 Å². The Hall–Kier alpha value is -3.07. The van der Waals surface area contributed by atoms with Crippen molar-refractivity contribution in [3.63, 3.8) is 0 Å². The normalized spacial score (nSPS) is 17.7. The van der Waals surface area contributed by atoms with E-state index in [-0.39, 0.29) is 24.4 Å². The summed E-state index contributed by atoms with van der Waals surface area (Å²) < 4.78 is 7.75. The molecule has 1 fully saturated rings. The molecule has 0 spiro atoms. The zero-order chi connectivity index (χ0) is 22.1. The number of aromatic nitrogens is 3. The summed E-state index contributed by atoms with van der Waals surface area (Å²) in [7, 11) is 0. The lowest BCUT2D eigenvalue weighted by Gasteiger charge is -2.31. The molecule has 2 amide bonds. The number of fused-ring (bicyclic) bond motifs is 1. The Bertz CT molecular complexity index is 1120. The third kappa shape index (κ3) is 3.92. The van der Waals surface area contributed by atoms with Gasteiger partial charge in [-0.05, 0) is 44.0 Å². The molecule has 1 N–H and O–H groups in total. The van der Waals surface area contributed by atoms with E-state index in [1.54, 1.807) is 17.2 Å². The van der Waals surface area contributed by atoms with Crippen LogP contribution in [0.25, 0.3) is 11.6 Å². The Balaban J connectivity index is 1.43. The van der Waals surface area contributed by atoms with Gasteiger partial charge in [-0.1, -0.05) is 43.2 Å². The molecule has 1 aromatic carbocycles. The highest BCUT2D eigenvalue weighted by atomic mass is 32.2. The van der Waals surface area contributed by atoms with E-state index in [2.05, 4.69) is 20.1 Å². The molecular formula is C23H25N5O3S. The van der Waals surface area contributed by atoms with Gasteiger partial charge in [0.05, 0.1) is 22.9 Å². The third-order valence-electron chi connectivity index (χ3n) is 6.01. The van der Waals surface area contributed by atoms with Crippen molar-refractivity contribution in [3.8, 4) is 11.6 Å². The van der Waals surface area contributed by atoms with Gasteiger partial charge in [-0.15, -0.1) is 10.2 Å². The second-order valence-electron chi connectivity index (χ2n) is 8.20. The number of para-hydroxylation sites is 2. The van der Waals surface area contributed by atoms with Gasteiger partial charge in [0, 0.05) is 6.04 Å². The topological polar surface area (TPSA) is 93.3 Å². The van der Waals surface area contributed by atoms with Crippen molar-refractivity contribution in [2.45, 2.75) is 55.5 Å². The molecule has 8 nitrogen and oxygen atoms in total. The standard InChI is InChI=1S/C23H25N5O3S/c1-15(22(30)27-14-20(29)24-17-10-5-6-11-18(17)27)32-23-26-25-21(19-12-7-13-31-19)28(23)16-8-3-2-4-9-16/h5-7,10-13,15-16H,2-4,8-9,14H2,1H3,(H,24,29)/t15-/m1/s1. The first-order chi connectivity index (χ1) is 15.6. The van der Waals surface area contributed by atoms with Crippen LogP contribution >= 0.6 is 11.8 Å². The lowest BCUT2D eigenvalue weighted by Crippen LogP contribution is -2.45. The van der Waals surface area contributed by atoms with E-state index in [1.807, 2.05) is 37.3 Å². The van der Waals surface area contributed by atoms with Gasteiger partial charge in [0.25, 0.3) is 0 Å². The van der Waals surface area contributed by atoms with Crippen molar-refractivity contribution in [2.24, 2.45) is 0 Å².